The minimum atomic E-state index is -3.66. The van der Waals surface area contributed by atoms with E-state index in [2.05, 4.69) is 0 Å². The van der Waals surface area contributed by atoms with E-state index in [0.29, 0.717) is 23.7 Å². The first-order valence-electron chi connectivity index (χ1n) is 9.29. The van der Waals surface area contributed by atoms with Crippen LogP contribution in [0.4, 0.5) is 0 Å². The fourth-order valence-electron chi connectivity index (χ4n) is 3.39. The lowest BCUT2D eigenvalue weighted by atomic mass is 10.1. The van der Waals surface area contributed by atoms with Crippen LogP contribution in [0.2, 0.25) is 0 Å². The maximum atomic E-state index is 13.4. The molecule has 1 aliphatic rings. The Balaban J connectivity index is 1.71. The zero-order valence-corrected chi connectivity index (χ0v) is 16.5. The zero-order chi connectivity index (χ0) is 19.6. The number of sulfonamides is 1. The van der Waals surface area contributed by atoms with Crippen LogP contribution in [0.5, 0.6) is 0 Å². The molecule has 0 saturated carbocycles. The first-order valence-corrected chi connectivity index (χ1v) is 10.7. The van der Waals surface area contributed by atoms with E-state index in [0.717, 1.165) is 16.7 Å². The summed E-state index contributed by atoms with van der Waals surface area (Å²) in [6.45, 7) is 2.27. The van der Waals surface area contributed by atoms with Crippen LogP contribution in [0.15, 0.2) is 94.8 Å². The zero-order valence-electron chi connectivity index (χ0n) is 15.7. The number of benzene rings is 3. The molecule has 1 atom stereocenters. The van der Waals surface area contributed by atoms with Crippen LogP contribution >= 0.6 is 0 Å². The number of hydrogen-bond donors (Lipinski definition) is 0. The van der Waals surface area contributed by atoms with E-state index < -0.39 is 10.0 Å². The summed E-state index contributed by atoms with van der Waals surface area (Å²) in [5.74, 6) is 0.584. The third-order valence-electron chi connectivity index (χ3n) is 4.93. The Bertz CT molecular complexity index is 1080. The second-order valence-corrected chi connectivity index (χ2v) is 8.85. The molecular formula is C23H22N2O2S. The molecule has 0 spiro atoms. The molecule has 4 rings (SSSR count). The summed E-state index contributed by atoms with van der Waals surface area (Å²) < 4.78 is 28.2. The quantitative estimate of drug-likeness (QED) is 0.649. The SMILES string of the molecule is Cc1ccc(S(=O)(=O)N2CC(c3ccccc3)N=C2Cc2ccccc2)cc1. The maximum Gasteiger partial charge on any atom is 0.265 e. The van der Waals surface area contributed by atoms with Crippen LogP contribution in [-0.4, -0.2) is 25.1 Å². The first kappa shape index (κ1) is 18.4. The van der Waals surface area contributed by atoms with Gasteiger partial charge in [-0.25, -0.2) is 8.42 Å². The van der Waals surface area contributed by atoms with Gasteiger partial charge in [-0.15, -0.1) is 0 Å². The van der Waals surface area contributed by atoms with Gasteiger partial charge in [0, 0.05) is 6.42 Å². The second kappa shape index (κ2) is 7.60. The van der Waals surface area contributed by atoms with Gasteiger partial charge in [0.1, 0.15) is 5.84 Å². The van der Waals surface area contributed by atoms with E-state index in [1.165, 1.54) is 4.31 Å². The Kier molecular flexibility index (Phi) is 5.01. The monoisotopic (exact) mass is 390 g/mol. The molecule has 1 aliphatic heterocycles. The van der Waals surface area contributed by atoms with E-state index >= 15 is 0 Å². The van der Waals surface area contributed by atoms with Crippen molar-refractivity contribution < 1.29 is 8.42 Å². The Labute approximate surface area is 166 Å². The van der Waals surface area contributed by atoms with Crippen LogP contribution < -0.4 is 0 Å². The Morgan fingerprint density at radius 3 is 2.14 bits per heavy atom. The molecule has 0 N–H and O–H groups in total. The van der Waals surface area contributed by atoms with Crippen LogP contribution in [0.25, 0.3) is 0 Å². The van der Waals surface area contributed by atoms with Gasteiger partial charge in [0.2, 0.25) is 0 Å². The number of nitrogens with zero attached hydrogens (tertiary/aromatic N) is 2. The number of aliphatic imine (C=N–C) groups is 1. The van der Waals surface area contributed by atoms with Crippen molar-refractivity contribution >= 4 is 15.9 Å². The fraction of sp³-hybridized carbons (Fsp3) is 0.174. The van der Waals surface area contributed by atoms with E-state index in [9.17, 15) is 8.42 Å². The van der Waals surface area contributed by atoms with Crippen LogP contribution in [0, 0.1) is 6.92 Å². The number of rotatable bonds is 5. The highest BCUT2D eigenvalue weighted by atomic mass is 32.2. The molecule has 0 amide bonds. The van der Waals surface area contributed by atoms with E-state index in [-0.39, 0.29) is 6.04 Å². The minimum absolute atomic E-state index is 0.194. The Hall–Kier alpha value is -2.92. The third-order valence-corrected chi connectivity index (χ3v) is 6.74. The smallest absolute Gasteiger partial charge is 0.261 e. The van der Waals surface area contributed by atoms with Crippen LogP contribution in [0.1, 0.15) is 22.7 Å². The fourth-order valence-corrected chi connectivity index (χ4v) is 4.85. The maximum absolute atomic E-state index is 13.4. The van der Waals surface area contributed by atoms with Gasteiger partial charge in [0.05, 0.1) is 17.5 Å². The summed E-state index contributed by atoms with van der Waals surface area (Å²) in [6.07, 6.45) is 0.481. The molecule has 1 unspecified atom stereocenters. The van der Waals surface area contributed by atoms with E-state index in [1.807, 2.05) is 79.7 Å². The van der Waals surface area contributed by atoms with Crippen molar-refractivity contribution in [1.82, 2.24) is 4.31 Å². The van der Waals surface area contributed by atoms with Crippen molar-refractivity contribution in [2.45, 2.75) is 24.3 Å². The Morgan fingerprint density at radius 1 is 0.893 bits per heavy atom. The molecule has 0 radical (unpaired) electrons. The lowest BCUT2D eigenvalue weighted by Crippen LogP contribution is -2.35. The van der Waals surface area contributed by atoms with Crippen molar-refractivity contribution in [3.8, 4) is 0 Å². The average Bonchev–Trinajstić information content (AvgIpc) is 3.14. The van der Waals surface area contributed by atoms with Gasteiger partial charge in [-0.3, -0.25) is 9.30 Å². The first-order chi connectivity index (χ1) is 13.5. The molecule has 0 aromatic heterocycles. The molecule has 0 saturated heterocycles. The van der Waals surface area contributed by atoms with E-state index in [4.69, 9.17) is 4.99 Å². The number of amidine groups is 1. The molecule has 28 heavy (non-hydrogen) atoms. The van der Waals surface area contributed by atoms with Gasteiger partial charge in [0.25, 0.3) is 10.0 Å². The number of aryl methyl sites for hydroxylation is 1. The van der Waals surface area contributed by atoms with Crippen LogP contribution in [-0.2, 0) is 16.4 Å². The van der Waals surface area contributed by atoms with Crippen LogP contribution in [0.3, 0.4) is 0 Å². The normalized spacial score (nSPS) is 16.8. The molecule has 3 aromatic rings. The topological polar surface area (TPSA) is 49.7 Å². The predicted octanol–water partition coefficient (Wildman–Crippen LogP) is 4.38. The molecule has 5 heteroatoms. The van der Waals surface area contributed by atoms with E-state index in [1.54, 1.807) is 12.1 Å². The molecule has 0 bridgehead atoms. The van der Waals surface area contributed by atoms with Gasteiger partial charge in [0.15, 0.2) is 0 Å². The highest BCUT2D eigenvalue weighted by Gasteiger charge is 2.35. The predicted molar refractivity (Wildman–Crippen MR) is 112 cm³/mol. The van der Waals surface area contributed by atoms with Gasteiger partial charge in [-0.2, -0.15) is 0 Å². The lowest BCUT2D eigenvalue weighted by molar-refractivity contribution is 0.518. The van der Waals surface area contributed by atoms with Gasteiger partial charge in [-0.1, -0.05) is 78.4 Å². The summed E-state index contributed by atoms with van der Waals surface area (Å²) in [5, 5.41) is 0. The largest absolute Gasteiger partial charge is 0.265 e. The molecule has 0 aliphatic carbocycles. The summed E-state index contributed by atoms with van der Waals surface area (Å²) in [4.78, 5) is 5.11. The molecular weight excluding hydrogens is 368 g/mol. The van der Waals surface area contributed by atoms with Crippen molar-refractivity contribution in [3.05, 3.63) is 102 Å². The van der Waals surface area contributed by atoms with Crippen molar-refractivity contribution in [2.75, 3.05) is 6.54 Å². The summed E-state index contributed by atoms with van der Waals surface area (Å²) in [7, 11) is -3.66. The standard InChI is InChI=1S/C23H22N2O2S/c1-18-12-14-21(15-13-18)28(26,27)25-17-22(20-10-6-3-7-11-20)24-23(25)16-19-8-4-2-5-9-19/h2-15,22H,16-17H2,1H3. The summed E-state index contributed by atoms with van der Waals surface area (Å²) in [5.41, 5.74) is 3.09. The van der Waals surface area contributed by atoms with Crippen molar-refractivity contribution in [1.29, 1.82) is 0 Å². The average molecular weight is 391 g/mol. The highest BCUT2D eigenvalue weighted by molar-refractivity contribution is 7.89. The molecule has 3 aromatic carbocycles. The van der Waals surface area contributed by atoms with Gasteiger partial charge >= 0.3 is 0 Å². The molecule has 142 valence electrons. The third kappa shape index (κ3) is 3.71. The van der Waals surface area contributed by atoms with Gasteiger partial charge < -0.3 is 0 Å². The summed E-state index contributed by atoms with van der Waals surface area (Å²) in [6, 6.07) is 26.5. The molecule has 4 nitrogen and oxygen atoms in total. The molecule has 0 fully saturated rings. The highest BCUT2D eigenvalue weighted by Crippen LogP contribution is 2.30. The molecule has 1 heterocycles. The summed E-state index contributed by atoms with van der Waals surface area (Å²) >= 11 is 0. The number of hydrogen-bond acceptors (Lipinski definition) is 3. The van der Waals surface area contributed by atoms with Crippen molar-refractivity contribution in [2.24, 2.45) is 4.99 Å². The minimum Gasteiger partial charge on any atom is -0.261 e. The second-order valence-electron chi connectivity index (χ2n) is 6.98. The Morgan fingerprint density at radius 2 is 1.50 bits per heavy atom. The lowest BCUT2D eigenvalue weighted by Gasteiger charge is -2.21. The van der Waals surface area contributed by atoms with Crippen molar-refractivity contribution in [3.63, 3.8) is 0 Å². The van der Waals surface area contributed by atoms with Gasteiger partial charge in [-0.05, 0) is 30.2 Å².